The molecule has 1 fully saturated rings. The van der Waals surface area contributed by atoms with Gasteiger partial charge in [-0.3, -0.25) is 14.5 Å². The van der Waals surface area contributed by atoms with Gasteiger partial charge in [0.05, 0.1) is 28.3 Å². The molecule has 1 saturated heterocycles. The molecule has 0 bridgehead atoms. The Morgan fingerprint density at radius 3 is 2.19 bits per heavy atom. The molecule has 2 heterocycles. The highest BCUT2D eigenvalue weighted by atomic mass is 19.4. The van der Waals surface area contributed by atoms with Crippen LogP contribution in [0.3, 0.4) is 0 Å². The van der Waals surface area contributed by atoms with Crippen LogP contribution in [0.4, 0.5) is 18.9 Å². The van der Waals surface area contributed by atoms with Crippen LogP contribution in [0.2, 0.25) is 0 Å². The summed E-state index contributed by atoms with van der Waals surface area (Å²) >= 11 is 0. The van der Waals surface area contributed by atoms with Crippen molar-refractivity contribution in [3.63, 3.8) is 0 Å². The molecule has 2 amide bonds. The fourth-order valence-electron chi connectivity index (χ4n) is 4.26. The molecule has 10 heteroatoms. The van der Waals surface area contributed by atoms with E-state index in [1.54, 1.807) is 9.58 Å². The zero-order valence-corrected chi connectivity index (χ0v) is 20.2. The third-order valence-corrected chi connectivity index (χ3v) is 6.33. The van der Waals surface area contributed by atoms with Gasteiger partial charge in [0.15, 0.2) is 0 Å². The number of aryl methyl sites for hydroxylation is 1. The van der Waals surface area contributed by atoms with Crippen molar-refractivity contribution in [3.8, 4) is 5.69 Å². The van der Waals surface area contributed by atoms with Crippen LogP contribution < -0.4 is 5.32 Å². The molecule has 3 aromatic rings. The molecule has 0 radical (unpaired) electrons. The van der Waals surface area contributed by atoms with Gasteiger partial charge in [-0.2, -0.15) is 18.3 Å². The molecular weight excluding hydrogens is 471 g/mol. The minimum atomic E-state index is -4.43. The summed E-state index contributed by atoms with van der Waals surface area (Å²) in [6, 6.07) is 14.0. The molecule has 2 aromatic carbocycles. The smallest absolute Gasteiger partial charge is 0.336 e. The van der Waals surface area contributed by atoms with E-state index < -0.39 is 11.7 Å². The van der Waals surface area contributed by atoms with Gasteiger partial charge in [-0.15, -0.1) is 0 Å². The Hall–Kier alpha value is -3.66. The van der Waals surface area contributed by atoms with E-state index in [1.807, 2.05) is 44.2 Å². The average Bonchev–Trinajstić information content (AvgIpc) is 3.16. The van der Waals surface area contributed by atoms with E-state index in [-0.39, 0.29) is 17.4 Å². The number of hydrogen-bond acceptors (Lipinski definition) is 4. The summed E-state index contributed by atoms with van der Waals surface area (Å²) in [5.74, 6) is -0.403. The van der Waals surface area contributed by atoms with Gasteiger partial charge in [0, 0.05) is 44.7 Å². The highest BCUT2D eigenvalue weighted by Gasteiger charge is 2.31. The van der Waals surface area contributed by atoms with Crippen LogP contribution in [-0.4, -0.2) is 64.1 Å². The Morgan fingerprint density at radius 1 is 0.944 bits per heavy atom. The number of amides is 2. The first-order valence-electron chi connectivity index (χ1n) is 11.7. The molecule has 190 valence electrons. The maximum Gasteiger partial charge on any atom is 0.416 e. The standard InChI is InChI=1S/C26H28F3N5O2/c1-18-24(19(2)34(31-18)22-6-4-3-5-7-22)30-23(35)12-13-32-14-16-33(17-15-32)25(36)20-8-10-21(11-9-20)26(27,28)29/h3-11H,12-17H2,1-2H3,(H,30,35). The monoisotopic (exact) mass is 499 g/mol. The molecule has 1 aliphatic heterocycles. The number of para-hydroxylation sites is 1. The number of rotatable bonds is 6. The molecule has 1 aromatic heterocycles. The molecular formula is C26H28F3N5O2. The topological polar surface area (TPSA) is 70.5 Å². The van der Waals surface area contributed by atoms with Crippen LogP contribution in [0.1, 0.15) is 33.7 Å². The third-order valence-electron chi connectivity index (χ3n) is 6.33. The molecule has 0 atom stereocenters. The number of benzene rings is 2. The summed E-state index contributed by atoms with van der Waals surface area (Å²) in [6.07, 6.45) is -4.14. The molecule has 7 nitrogen and oxygen atoms in total. The Balaban J connectivity index is 1.26. The van der Waals surface area contributed by atoms with Gasteiger partial charge in [0.25, 0.3) is 5.91 Å². The van der Waals surface area contributed by atoms with Crippen molar-refractivity contribution >= 4 is 17.5 Å². The molecule has 0 saturated carbocycles. The minimum absolute atomic E-state index is 0.114. The number of hydrogen-bond donors (Lipinski definition) is 1. The molecule has 0 aliphatic carbocycles. The van der Waals surface area contributed by atoms with Crippen LogP contribution in [0.5, 0.6) is 0 Å². The number of carbonyl (C=O) groups excluding carboxylic acids is 2. The number of piperazine rings is 1. The minimum Gasteiger partial charge on any atom is -0.336 e. The highest BCUT2D eigenvalue weighted by molar-refractivity contribution is 5.94. The van der Waals surface area contributed by atoms with E-state index in [9.17, 15) is 22.8 Å². The normalized spacial score (nSPS) is 14.6. The first-order chi connectivity index (χ1) is 17.1. The Labute approximate surface area is 207 Å². The van der Waals surface area contributed by atoms with E-state index >= 15 is 0 Å². The second-order valence-electron chi connectivity index (χ2n) is 8.80. The van der Waals surface area contributed by atoms with Crippen LogP contribution in [0.25, 0.3) is 5.69 Å². The van der Waals surface area contributed by atoms with Gasteiger partial charge in [0.2, 0.25) is 5.91 Å². The Bertz CT molecular complexity index is 1210. The number of nitrogens with one attached hydrogen (secondary N) is 1. The number of nitrogens with zero attached hydrogens (tertiary/aromatic N) is 4. The predicted octanol–water partition coefficient (Wildman–Crippen LogP) is 4.29. The predicted molar refractivity (Wildman–Crippen MR) is 130 cm³/mol. The van der Waals surface area contributed by atoms with Crippen molar-refractivity contribution in [3.05, 3.63) is 77.1 Å². The van der Waals surface area contributed by atoms with Gasteiger partial charge in [-0.25, -0.2) is 4.68 Å². The van der Waals surface area contributed by atoms with E-state index in [0.29, 0.717) is 44.8 Å². The fraction of sp³-hybridized carbons (Fsp3) is 0.346. The van der Waals surface area contributed by atoms with Crippen LogP contribution >= 0.6 is 0 Å². The number of carbonyl (C=O) groups is 2. The Kier molecular flexibility index (Phi) is 7.44. The van der Waals surface area contributed by atoms with Crippen molar-refractivity contribution in [1.29, 1.82) is 0 Å². The lowest BCUT2D eigenvalue weighted by molar-refractivity contribution is -0.137. The first-order valence-corrected chi connectivity index (χ1v) is 11.7. The lowest BCUT2D eigenvalue weighted by atomic mass is 10.1. The van der Waals surface area contributed by atoms with Crippen LogP contribution in [-0.2, 0) is 11.0 Å². The van der Waals surface area contributed by atoms with E-state index in [2.05, 4.69) is 15.3 Å². The largest absolute Gasteiger partial charge is 0.416 e. The van der Waals surface area contributed by atoms with Crippen LogP contribution in [0.15, 0.2) is 54.6 Å². The van der Waals surface area contributed by atoms with Crippen molar-refractivity contribution < 1.29 is 22.8 Å². The van der Waals surface area contributed by atoms with Gasteiger partial charge >= 0.3 is 6.18 Å². The lowest BCUT2D eigenvalue weighted by Crippen LogP contribution is -2.49. The number of anilines is 1. The van der Waals surface area contributed by atoms with Crippen LogP contribution in [0, 0.1) is 13.8 Å². The molecule has 0 spiro atoms. The van der Waals surface area contributed by atoms with E-state index in [1.165, 1.54) is 12.1 Å². The van der Waals surface area contributed by atoms with Gasteiger partial charge < -0.3 is 10.2 Å². The number of aromatic nitrogens is 2. The maximum atomic E-state index is 12.7. The quantitative estimate of drug-likeness (QED) is 0.549. The SMILES string of the molecule is Cc1nn(-c2ccccc2)c(C)c1NC(=O)CCN1CCN(C(=O)c2ccc(C(F)(F)F)cc2)CC1. The molecule has 4 rings (SSSR count). The fourth-order valence-corrected chi connectivity index (χ4v) is 4.26. The van der Waals surface area contributed by atoms with Crippen molar-refractivity contribution in [1.82, 2.24) is 19.6 Å². The summed E-state index contributed by atoms with van der Waals surface area (Å²) in [5.41, 5.74) is 2.67. The second kappa shape index (κ2) is 10.5. The third kappa shape index (κ3) is 5.76. The summed E-state index contributed by atoms with van der Waals surface area (Å²) in [7, 11) is 0. The lowest BCUT2D eigenvalue weighted by Gasteiger charge is -2.34. The molecule has 1 aliphatic rings. The van der Waals surface area contributed by atoms with Crippen molar-refractivity contribution in [2.45, 2.75) is 26.4 Å². The molecule has 36 heavy (non-hydrogen) atoms. The Morgan fingerprint density at radius 2 is 1.58 bits per heavy atom. The van der Waals surface area contributed by atoms with Crippen molar-refractivity contribution in [2.24, 2.45) is 0 Å². The van der Waals surface area contributed by atoms with E-state index in [0.717, 1.165) is 29.2 Å². The second-order valence-corrected chi connectivity index (χ2v) is 8.80. The summed E-state index contributed by atoms with van der Waals surface area (Å²) in [5, 5.41) is 7.53. The zero-order chi connectivity index (χ0) is 25.9. The number of alkyl halides is 3. The zero-order valence-electron chi connectivity index (χ0n) is 20.2. The first kappa shape index (κ1) is 25.4. The average molecular weight is 500 g/mol. The highest BCUT2D eigenvalue weighted by Crippen LogP contribution is 2.29. The number of halogens is 3. The summed E-state index contributed by atoms with van der Waals surface area (Å²) < 4.78 is 40.0. The van der Waals surface area contributed by atoms with Crippen molar-refractivity contribution in [2.75, 3.05) is 38.0 Å². The van der Waals surface area contributed by atoms with E-state index in [4.69, 9.17) is 0 Å². The molecule has 1 N–H and O–H groups in total. The van der Waals surface area contributed by atoms with Gasteiger partial charge in [0.1, 0.15) is 0 Å². The molecule has 0 unspecified atom stereocenters. The van der Waals surface area contributed by atoms with Gasteiger partial charge in [-0.05, 0) is 50.2 Å². The maximum absolute atomic E-state index is 12.7. The van der Waals surface area contributed by atoms with Gasteiger partial charge in [-0.1, -0.05) is 18.2 Å². The summed E-state index contributed by atoms with van der Waals surface area (Å²) in [4.78, 5) is 29.0. The summed E-state index contributed by atoms with van der Waals surface area (Å²) in [6.45, 7) is 6.38.